The normalized spacial score (nSPS) is 17.6. The number of alkyl halides is 1. The lowest BCUT2D eigenvalue weighted by Crippen LogP contribution is -2.54. The second-order valence-corrected chi connectivity index (χ2v) is 9.31. The number of carbonyl (C=O) groups excluding carboxylic acids is 5. The summed E-state index contributed by atoms with van der Waals surface area (Å²) in [4.78, 5) is 62.2. The SMILES string of the molecule is O=C(CCCCBr)NCCCCCCNc1cccc2c1C(=O)N(C1CCC(=O)NC1=O)C2=O. The third-order valence-electron chi connectivity index (χ3n) is 6.00. The number of carbonyl (C=O) groups is 5. The predicted molar refractivity (Wildman–Crippen MR) is 131 cm³/mol. The minimum Gasteiger partial charge on any atom is -0.384 e. The number of imide groups is 2. The standard InChI is InChI=1S/C24H31BrN4O5/c25-13-4-3-10-19(30)27-15-6-2-1-5-14-26-17-9-7-8-16-21(17)24(34)29(23(16)33)18-11-12-20(31)28-22(18)32/h7-9,18,26H,1-6,10-15H2,(H,27,30)(H,28,31,32). The zero-order valence-electron chi connectivity index (χ0n) is 19.2. The smallest absolute Gasteiger partial charge is 0.264 e. The number of piperidine rings is 1. The second-order valence-electron chi connectivity index (χ2n) is 8.51. The van der Waals surface area contributed by atoms with Crippen molar-refractivity contribution in [2.45, 2.75) is 63.8 Å². The molecule has 184 valence electrons. The first-order chi connectivity index (χ1) is 16.4. The highest BCUT2D eigenvalue weighted by Gasteiger charge is 2.45. The molecule has 2 aliphatic heterocycles. The summed E-state index contributed by atoms with van der Waals surface area (Å²) in [5, 5.41) is 9.31. The monoisotopic (exact) mass is 534 g/mol. The molecule has 1 fully saturated rings. The molecule has 0 aliphatic carbocycles. The number of nitrogens with zero attached hydrogens (tertiary/aromatic N) is 1. The molecular weight excluding hydrogens is 504 g/mol. The van der Waals surface area contributed by atoms with Gasteiger partial charge in [-0.1, -0.05) is 34.8 Å². The number of benzene rings is 1. The summed E-state index contributed by atoms with van der Waals surface area (Å²) < 4.78 is 0. The van der Waals surface area contributed by atoms with E-state index in [9.17, 15) is 24.0 Å². The minimum atomic E-state index is -0.970. The van der Waals surface area contributed by atoms with E-state index in [1.165, 1.54) is 0 Å². The third-order valence-corrected chi connectivity index (χ3v) is 6.56. The number of unbranched alkanes of at least 4 members (excludes halogenated alkanes) is 4. The van der Waals surface area contributed by atoms with Gasteiger partial charge < -0.3 is 10.6 Å². The first-order valence-corrected chi connectivity index (χ1v) is 13.0. The topological polar surface area (TPSA) is 125 Å². The number of amides is 5. The Bertz CT molecular complexity index is 951. The van der Waals surface area contributed by atoms with Gasteiger partial charge in [-0.2, -0.15) is 0 Å². The largest absolute Gasteiger partial charge is 0.384 e. The molecule has 0 bridgehead atoms. The molecule has 0 radical (unpaired) electrons. The van der Waals surface area contributed by atoms with Crippen molar-refractivity contribution in [2.75, 3.05) is 23.7 Å². The Morgan fingerprint density at radius 3 is 2.50 bits per heavy atom. The van der Waals surface area contributed by atoms with E-state index in [0.29, 0.717) is 25.2 Å². The summed E-state index contributed by atoms with van der Waals surface area (Å²) in [6.07, 6.45) is 6.44. The fourth-order valence-electron chi connectivity index (χ4n) is 4.19. The molecule has 1 aromatic rings. The maximum atomic E-state index is 13.1. The lowest BCUT2D eigenvalue weighted by molar-refractivity contribution is -0.136. The average molecular weight is 535 g/mol. The fourth-order valence-corrected chi connectivity index (χ4v) is 4.58. The molecule has 1 aromatic carbocycles. The maximum Gasteiger partial charge on any atom is 0.264 e. The van der Waals surface area contributed by atoms with E-state index in [4.69, 9.17) is 0 Å². The van der Waals surface area contributed by atoms with Gasteiger partial charge in [0.25, 0.3) is 11.8 Å². The molecule has 2 aliphatic rings. The molecular formula is C24H31BrN4O5. The highest BCUT2D eigenvalue weighted by atomic mass is 79.9. The zero-order valence-corrected chi connectivity index (χ0v) is 20.7. The molecule has 3 N–H and O–H groups in total. The Morgan fingerprint density at radius 2 is 1.76 bits per heavy atom. The van der Waals surface area contributed by atoms with Gasteiger partial charge in [-0.25, -0.2) is 0 Å². The van der Waals surface area contributed by atoms with E-state index in [1.54, 1.807) is 18.2 Å². The van der Waals surface area contributed by atoms with E-state index >= 15 is 0 Å². The predicted octanol–water partition coefficient (Wildman–Crippen LogP) is 2.74. The number of hydrogen-bond acceptors (Lipinski definition) is 6. The lowest BCUT2D eigenvalue weighted by Gasteiger charge is -2.27. The van der Waals surface area contributed by atoms with Gasteiger partial charge in [0.1, 0.15) is 6.04 Å². The summed E-state index contributed by atoms with van der Waals surface area (Å²) in [5.74, 6) is -1.92. The summed E-state index contributed by atoms with van der Waals surface area (Å²) in [7, 11) is 0. The highest BCUT2D eigenvalue weighted by molar-refractivity contribution is 9.09. The summed E-state index contributed by atoms with van der Waals surface area (Å²) >= 11 is 3.36. The van der Waals surface area contributed by atoms with Crippen LogP contribution in [-0.4, -0.2) is 58.9 Å². The summed E-state index contributed by atoms with van der Waals surface area (Å²) in [5.41, 5.74) is 1.12. The van der Waals surface area contributed by atoms with E-state index in [2.05, 4.69) is 31.9 Å². The van der Waals surface area contributed by atoms with Crippen molar-refractivity contribution in [2.24, 2.45) is 0 Å². The van der Waals surface area contributed by atoms with Gasteiger partial charge in [0.2, 0.25) is 17.7 Å². The van der Waals surface area contributed by atoms with E-state index in [1.807, 2.05) is 0 Å². The van der Waals surface area contributed by atoms with Crippen LogP contribution in [0.25, 0.3) is 0 Å². The van der Waals surface area contributed by atoms with Crippen LogP contribution in [0.3, 0.4) is 0 Å². The summed E-state index contributed by atoms with van der Waals surface area (Å²) in [6.45, 7) is 1.31. The van der Waals surface area contributed by atoms with Crippen LogP contribution in [-0.2, 0) is 14.4 Å². The van der Waals surface area contributed by atoms with Gasteiger partial charge in [-0.05, 0) is 44.2 Å². The Morgan fingerprint density at radius 1 is 1.00 bits per heavy atom. The molecule has 1 atom stereocenters. The van der Waals surface area contributed by atoms with E-state index < -0.39 is 29.7 Å². The van der Waals surface area contributed by atoms with Crippen LogP contribution in [0.15, 0.2) is 18.2 Å². The molecule has 2 heterocycles. The van der Waals surface area contributed by atoms with Crippen LogP contribution in [0.4, 0.5) is 5.69 Å². The minimum absolute atomic E-state index is 0.0930. The van der Waals surface area contributed by atoms with E-state index in [0.717, 1.165) is 48.8 Å². The van der Waals surface area contributed by atoms with Gasteiger partial charge >= 0.3 is 0 Å². The van der Waals surface area contributed by atoms with Crippen LogP contribution < -0.4 is 16.0 Å². The first kappa shape index (κ1) is 25.9. The number of nitrogens with one attached hydrogen (secondary N) is 3. The van der Waals surface area contributed by atoms with Crippen molar-refractivity contribution in [3.8, 4) is 0 Å². The van der Waals surface area contributed by atoms with Gasteiger partial charge in [-0.15, -0.1) is 0 Å². The van der Waals surface area contributed by atoms with Crippen molar-refractivity contribution in [3.05, 3.63) is 29.3 Å². The van der Waals surface area contributed by atoms with Gasteiger partial charge in [0, 0.05) is 36.9 Å². The molecule has 0 spiro atoms. The number of fused-ring (bicyclic) bond motifs is 1. The summed E-state index contributed by atoms with van der Waals surface area (Å²) in [6, 6.07) is 4.08. The van der Waals surface area contributed by atoms with Crippen LogP contribution in [0.2, 0.25) is 0 Å². The Kier molecular flexibility index (Phi) is 9.62. The molecule has 1 saturated heterocycles. The zero-order chi connectivity index (χ0) is 24.5. The quantitative estimate of drug-likeness (QED) is 0.203. The second kappa shape index (κ2) is 12.6. The van der Waals surface area contributed by atoms with Crippen LogP contribution in [0.1, 0.15) is 78.5 Å². The number of hydrogen-bond donors (Lipinski definition) is 3. The lowest BCUT2D eigenvalue weighted by atomic mass is 10.0. The molecule has 10 heteroatoms. The molecule has 0 aromatic heterocycles. The molecule has 1 unspecified atom stereocenters. The third kappa shape index (κ3) is 6.43. The maximum absolute atomic E-state index is 13.1. The molecule has 3 rings (SSSR count). The number of anilines is 1. The van der Waals surface area contributed by atoms with Crippen molar-refractivity contribution in [3.63, 3.8) is 0 Å². The highest BCUT2D eigenvalue weighted by Crippen LogP contribution is 2.32. The Hall–Kier alpha value is -2.75. The van der Waals surface area contributed by atoms with Crippen LogP contribution in [0.5, 0.6) is 0 Å². The van der Waals surface area contributed by atoms with Crippen molar-refractivity contribution >= 4 is 51.2 Å². The first-order valence-electron chi connectivity index (χ1n) is 11.8. The Balaban J connectivity index is 1.43. The fraction of sp³-hybridized carbons (Fsp3) is 0.542. The van der Waals surface area contributed by atoms with Crippen molar-refractivity contribution < 1.29 is 24.0 Å². The van der Waals surface area contributed by atoms with Crippen molar-refractivity contribution in [1.29, 1.82) is 0 Å². The molecule has 0 saturated carbocycles. The molecule has 9 nitrogen and oxygen atoms in total. The van der Waals surface area contributed by atoms with Gasteiger partial charge in [0.15, 0.2) is 0 Å². The number of rotatable bonds is 13. The van der Waals surface area contributed by atoms with Gasteiger partial charge in [-0.3, -0.25) is 34.2 Å². The molecule has 34 heavy (non-hydrogen) atoms. The van der Waals surface area contributed by atoms with Gasteiger partial charge in [0.05, 0.1) is 11.1 Å². The van der Waals surface area contributed by atoms with Crippen molar-refractivity contribution in [1.82, 2.24) is 15.5 Å². The van der Waals surface area contributed by atoms with E-state index in [-0.39, 0.29) is 29.9 Å². The number of halogens is 1. The Labute approximate surface area is 207 Å². The van der Waals surface area contributed by atoms with Crippen LogP contribution in [0, 0.1) is 0 Å². The average Bonchev–Trinajstić information content (AvgIpc) is 3.06. The van der Waals surface area contributed by atoms with Crippen LogP contribution >= 0.6 is 15.9 Å². The molecule has 5 amide bonds.